The first-order chi connectivity index (χ1) is 9.60. The second kappa shape index (κ2) is 7.02. The highest BCUT2D eigenvalue weighted by Gasteiger charge is 2.21. The molecule has 0 atom stereocenters. The van der Waals surface area contributed by atoms with E-state index in [9.17, 15) is 8.78 Å². The van der Waals surface area contributed by atoms with E-state index < -0.39 is 0 Å². The second-order valence-corrected chi connectivity index (χ2v) is 5.68. The van der Waals surface area contributed by atoms with Gasteiger partial charge in [0.25, 0.3) is 0 Å². The van der Waals surface area contributed by atoms with Crippen molar-refractivity contribution < 1.29 is 13.5 Å². The summed E-state index contributed by atoms with van der Waals surface area (Å²) < 4.78 is 31.7. The normalized spacial score (nSPS) is 17.6. The molecule has 0 saturated carbocycles. The second-order valence-electron chi connectivity index (χ2n) is 5.68. The molecular formula is C16H23F2NO. The molecule has 1 aromatic carbocycles. The van der Waals surface area contributed by atoms with Gasteiger partial charge in [-0.15, -0.1) is 0 Å². The van der Waals surface area contributed by atoms with Gasteiger partial charge in [-0.3, -0.25) is 0 Å². The number of rotatable bonds is 5. The monoisotopic (exact) mass is 283 g/mol. The largest absolute Gasteiger partial charge is 0.490 e. The number of benzene rings is 1. The molecule has 1 fully saturated rings. The Morgan fingerprint density at radius 2 is 2.00 bits per heavy atom. The third-order valence-corrected chi connectivity index (χ3v) is 3.83. The van der Waals surface area contributed by atoms with Crippen LogP contribution in [-0.4, -0.2) is 37.3 Å². The van der Waals surface area contributed by atoms with Gasteiger partial charge in [0.15, 0.2) is 0 Å². The molecule has 1 heterocycles. The van der Waals surface area contributed by atoms with Crippen molar-refractivity contribution in [3.8, 4) is 5.75 Å². The van der Waals surface area contributed by atoms with E-state index in [2.05, 4.69) is 18.7 Å². The summed E-state index contributed by atoms with van der Waals surface area (Å²) in [6, 6.07) is 4.75. The van der Waals surface area contributed by atoms with Gasteiger partial charge >= 0.3 is 0 Å². The Kier molecular flexibility index (Phi) is 5.35. The first-order valence-electron chi connectivity index (χ1n) is 7.34. The first-order valence-corrected chi connectivity index (χ1v) is 7.34. The van der Waals surface area contributed by atoms with E-state index in [4.69, 9.17) is 4.74 Å². The molecule has 0 aromatic heterocycles. The van der Waals surface area contributed by atoms with Crippen LogP contribution in [0.4, 0.5) is 8.78 Å². The summed E-state index contributed by atoms with van der Waals surface area (Å²) in [4.78, 5) is 2.11. The number of nitrogens with zero attached hydrogens (tertiary/aromatic N) is 1. The molecule has 1 aliphatic rings. The lowest BCUT2D eigenvalue weighted by Crippen LogP contribution is -2.39. The Bertz CT molecular complexity index is 428. The number of hydrogen-bond acceptors (Lipinski definition) is 2. The Labute approximate surface area is 119 Å². The van der Waals surface area contributed by atoms with Gasteiger partial charge in [-0.1, -0.05) is 19.9 Å². The lowest BCUT2D eigenvalue weighted by molar-refractivity contribution is 0.0957. The van der Waals surface area contributed by atoms with E-state index in [0.29, 0.717) is 18.2 Å². The molecule has 1 aromatic rings. The van der Waals surface area contributed by atoms with Crippen LogP contribution in [0.15, 0.2) is 18.2 Å². The van der Waals surface area contributed by atoms with Gasteiger partial charge in [0.1, 0.15) is 24.3 Å². The molecule has 0 spiro atoms. The van der Waals surface area contributed by atoms with Crippen LogP contribution >= 0.6 is 0 Å². The van der Waals surface area contributed by atoms with Crippen LogP contribution in [-0.2, 0) is 0 Å². The maximum atomic E-state index is 13.4. The molecule has 1 aliphatic heterocycles. The van der Waals surface area contributed by atoms with Crippen LogP contribution in [0.3, 0.4) is 0 Å². The molecule has 0 N–H and O–H groups in total. The Hall–Kier alpha value is -1.16. The highest BCUT2D eigenvalue weighted by atomic mass is 19.1. The molecule has 0 bridgehead atoms. The Balaban J connectivity index is 1.98. The highest BCUT2D eigenvalue weighted by Crippen LogP contribution is 2.29. The maximum absolute atomic E-state index is 13.4. The fraction of sp³-hybridized carbons (Fsp3) is 0.625. The van der Waals surface area contributed by atoms with Gasteiger partial charge in [-0.25, -0.2) is 8.78 Å². The summed E-state index contributed by atoms with van der Waals surface area (Å²) in [6.07, 6.45) is 1.84. The Morgan fingerprint density at radius 3 is 2.60 bits per heavy atom. The third-order valence-electron chi connectivity index (χ3n) is 3.83. The zero-order chi connectivity index (χ0) is 14.5. The fourth-order valence-electron chi connectivity index (χ4n) is 2.64. The van der Waals surface area contributed by atoms with E-state index in [1.807, 2.05) is 0 Å². The number of hydrogen-bond donors (Lipinski definition) is 0. The smallest absolute Gasteiger partial charge is 0.126 e. The summed E-state index contributed by atoms with van der Waals surface area (Å²) in [5.74, 6) is 0.695. The van der Waals surface area contributed by atoms with Gasteiger partial charge < -0.3 is 9.64 Å². The summed E-state index contributed by atoms with van der Waals surface area (Å²) in [5.41, 5.74) is 1.04. The van der Waals surface area contributed by atoms with Crippen molar-refractivity contribution in [1.29, 1.82) is 0 Å². The van der Waals surface area contributed by atoms with Crippen molar-refractivity contribution in [2.24, 2.45) is 0 Å². The fourth-order valence-corrected chi connectivity index (χ4v) is 2.64. The van der Waals surface area contributed by atoms with Gasteiger partial charge in [-0.05, 0) is 30.4 Å². The van der Waals surface area contributed by atoms with Crippen LogP contribution in [0.25, 0.3) is 0 Å². The standard InChI is InChI=1S/C16H23F2NO/c1-12(2)15-4-3-13(18)11-16(15)20-14-5-8-19(9-6-14)10-7-17/h3-4,11-12,14H,5-10H2,1-2H3. The van der Waals surface area contributed by atoms with Crippen molar-refractivity contribution in [3.05, 3.63) is 29.6 Å². The van der Waals surface area contributed by atoms with Gasteiger partial charge in [0.2, 0.25) is 0 Å². The quantitative estimate of drug-likeness (QED) is 0.816. The molecule has 112 valence electrons. The average molecular weight is 283 g/mol. The first kappa shape index (κ1) is 15.2. The van der Waals surface area contributed by atoms with Gasteiger partial charge in [0, 0.05) is 25.7 Å². The number of alkyl halides is 1. The number of piperidine rings is 1. The van der Waals surface area contributed by atoms with Crippen LogP contribution in [0.1, 0.15) is 38.2 Å². The predicted molar refractivity (Wildman–Crippen MR) is 76.6 cm³/mol. The zero-order valence-corrected chi connectivity index (χ0v) is 12.2. The molecule has 2 nitrogen and oxygen atoms in total. The van der Waals surface area contributed by atoms with Gasteiger partial charge in [0.05, 0.1) is 0 Å². The van der Waals surface area contributed by atoms with E-state index in [1.165, 1.54) is 12.1 Å². The zero-order valence-electron chi connectivity index (χ0n) is 12.2. The van der Waals surface area contributed by atoms with E-state index >= 15 is 0 Å². The van der Waals surface area contributed by atoms with Crippen LogP contribution in [0, 0.1) is 5.82 Å². The van der Waals surface area contributed by atoms with Crippen LogP contribution in [0.5, 0.6) is 5.75 Å². The summed E-state index contributed by atoms with van der Waals surface area (Å²) in [7, 11) is 0. The van der Waals surface area contributed by atoms with E-state index in [0.717, 1.165) is 31.5 Å². The number of likely N-dealkylation sites (tertiary alicyclic amines) is 1. The molecule has 4 heteroatoms. The molecule has 0 radical (unpaired) electrons. The third kappa shape index (κ3) is 3.92. The minimum Gasteiger partial charge on any atom is -0.490 e. The van der Waals surface area contributed by atoms with Crippen molar-refractivity contribution in [2.45, 2.75) is 38.7 Å². The summed E-state index contributed by atoms with van der Waals surface area (Å²) >= 11 is 0. The highest BCUT2D eigenvalue weighted by molar-refractivity contribution is 5.36. The predicted octanol–water partition coefficient (Wildman–Crippen LogP) is 3.76. The molecular weight excluding hydrogens is 260 g/mol. The SMILES string of the molecule is CC(C)c1ccc(F)cc1OC1CCN(CCF)CC1. The number of ether oxygens (including phenoxy) is 1. The molecule has 1 saturated heterocycles. The van der Waals surface area contributed by atoms with Gasteiger partial charge in [-0.2, -0.15) is 0 Å². The van der Waals surface area contributed by atoms with E-state index in [-0.39, 0.29) is 18.6 Å². The van der Waals surface area contributed by atoms with Crippen molar-refractivity contribution in [2.75, 3.05) is 26.3 Å². The lowest BCUT2D eigenvalue weighted by Gasteiger charge is -2.32. The molecule has 20 heavy (non-hydrogen) atoms. The molecule has 0 aliphatic carbocycles. The van der Waals surface area contributed by atoms with Crippen LogP contribution in [0.2, 0.25) is 0 Å². The van der Waals surface area contributed by atoms with Crippen LogP contribution < -0.4 is 4.74 Å². The number of halogens is 2. The van der Waals surface area contributed by atoms with Crippen molar-refractivity contribution in [3.63, 3.8) is 0 Å². The molecule has 2 rings (SSSR count). The molecule has 0 amide bonds. The average Bonchev–Trinajstić information content (AvgIpc) is 2.41. The lowest BCUT2D eigenvalue weighted by atomic mass is 10.0. The van der Waals surface area contributed by atoms with E-state index in [1.54, 1.807) is 6.07 Å². The minimum atomic E-state index is -0.299. The minimum absolute atomic E-state index is 0.102. The molecule has 0 unspecified atom stereocenters. The summed E-state index contributed by atoms with van der Waals surface area (Å²) in [6.45, 7) is 6.05. The van der Waals surface area contributed by atoms with Crippen molar-refractivity contribution >= 4 is 0 Å². The Morgan fingerprint density at radius 1 is 1.30 bits per heavy atom. The maximum Gasteiger partial charge on any atom is 0.126 e. The topological polar surface area (TPSA) is 12.5 Å². The summed E-state index contributed by atoms with van der Waals surface area (Å²) in [5, 5.41) is 0. The van der Waals surface area contributed by atoms with Crippen molar-refractivity contribution in [1.82, 2.24) is 4.90 Å².